The molecule has 0 spiro atoms. The Balaban J connectivity index is -0.0000000200. The van der Waals surface area contributed by atoms with Crippen LogP contribution in [0.3, 0.4) is 0 Å². The molecule has 3 heteroatoms. The van der Waals surface area contributed by atoms with E-state index in [1.807, 2.05) is 0 Å². The third kappa shape index (κ3) is 13.8. The molecule has 0 unspecified atom stereocenters. The minimum Gasteiger partial charge on any atom is -0.186 e. The number of nitrogens with zero attached hydrogens (tertiary/aromatic N) is 1. The quantitative estimate of drug-likeness (QED) is 0.391. The van der Waals surface area contributed by atoms with Crippen LogP contribution in [0.1, 0.15) is 7.43 Å². The summed E-state index contributed by atoms with van der Waals surface area (Å²) in [6.07, 6.45) is 0.250. The summed E-state index contributed by atoms with van der Waals surface area (Å²) >= 11 is 0. The highest BCUT2D eigenvalue weighted by Gasteiger charge is 1.13. The molecule has 0 N–H and O–H groups in total. The Morgan fingerprint density at radius 2 is 1.20 bits per heavy atom. The van der Waals surface area contributed by atoms with Crippen LogP contribution < -0.4 is 6.15 Å². The van der Waals surface area contributed by atoms with Gasteiger partial charge in [0.15, 0.2) is 0 Å². The highest BCUT2D eigenvalue weighted by atomic mass is 16.2. The molecule has 0 saturated heterocycles. The Labute approximate surface area is 30.6 Å². The number of hydrogen-bond donors (Lipinski definition) is 0. The van der Waals surface area contributed by atoms with Gasteiger partial charge in [-0.3, -0.25) is 0 Å². The van der Waals surface area contributed by atoms with Gasteiger partial charge in [0.2, 0.25) is 0 Å². The second kappa shape index (κ2) is 158. The minimum absolute atomic E-state index is 0. The highest BCUT2D eigenvalue weighted by Crippen LogP contribution is 0.787. The van der Waals surface area contributed by atoms with Crippen molar-refractivity contribution in [3.8, 4) is 0 Å². The summed E-state index contributed by atoms with van der Waals surface area (Å²) in [5.41, 5.74) is 0. The fraction of sp³-hybridized carbons (Fsp3) is 0.500. The van der Waals surface area contributed by atoms with Crippen molar-refractivity contribution in [2.24, 2.45) is 0 Å². The summed E-state index contributed by atoms with van der Waals surface area (Å²) in [5, 5.41) is 0. The van der Waals surface area contributed by atoms with Crippen LogP contribution in [0.5, 0.6) is 0 Å². The average molecular weight is 74.1 g/mol. The molecule has 3 radical (unpaired) electrons. The van der Waals surface area contributed by atoms with Crippen LogP contribution in [0.15, 0.2) is 0 Å². The summed E-state index contributed by atoms with van der Waals surface area (Å²) in [7, 11) is 0. The molecule has 0 aromatic rings. The molecule has 0 atom stereocenters. The van der Waals surface area contributed by atoms with E-state index < -0.39 is 0 Å². The molecule has 0 saturated carbocycles. The molecule has 0 aliphatic heterocycles. The maximum absolute atomic E-state index is 8.12. The van der Waals surface area contributed by atoms with Gasteiger partial charge in [-0.2, -0.15) is 9.59 Å². The van der Waals surface area contributed by atoms with E-state index in [0.29, 0.717) is 0 Å². The number of carbonyl (C=O) groups excluding carboxylic acids is 2. The van der Waals surface area contributed by atoms with Crippen molar-refractivity contribution < 1.29 is 9.59 Å². The zero-order valence-electron chi connectivity index (χ0n) is 1.76. The summed E-state index contributed by atoms with van der Waals surface area (Å²) in [6.45, 7) is 0. The summed E-state index contributed by atoms with van der Waals surface area (Å²) in [6, 6.07) is 0. The SMILES string of the molecule is C.O=C=O.[N]. The van der Waals surface area contributed by atoms with Crippen LogP contribution in [0, 0.1) is 0 Å². The first-order valence-electron chi connectivity index (χ1n) is 0.408. The number of rotatable bonds is 0. The van der Waals surface area contributed by atoms with Crippen molar-refractivity contribution in [3.63, 3.8) is 0 Å². The molecule has 0 aliphatic carbocycles. The van der Waals surface area contributed by atoms with Crippen molar-refractivity contribution >= 4 is 6.15 Å². The second-order valence-corrected chi connectivity index (χ2v) is 0.0833. The molecule has 0 fully saturated rings. The normalized spacial score (nSPS) is 1.60. The first kappa shape index (κ1) is 27.0. The van der Waals surface area contributed by atoms with Gasteiger partial charge in [0, 0.05) is 6.15 Å². The summed E-state index contributed by atoms with van der Waals surface area (Å²) in [5.74, 6) is 0. The van der Waals surface area contributed by atoms with E-state index in [0.717, 1.165) is 0 Å². The predicted molar refractivity (Wildman–Crippen MR) is 13.9 cm³/mol. The van der Waals surface area contributed by atoms with Crippen LogP contribution in [0.4, 0.5) is 0 Å². The fourth-order valence-corrected chi connectivity index (χ4v) is 0. The van der Waals surface area contributed by atoms with Crippen molar-refractivity contribution in [2.45, 2.75) is 7.43 Å². The van der Waals surface area contributed by atoms with Gasteiger partial charge >= 0.3 is 6.15 Å². The molecule has 0 aromatic heterocycles. The summed E-state index contributed by atoms with van der Waals surface area (Å²) in [4.78, 5) is 16.2. The highest BCUT2D eigenvalue weighted by molar-refractivity contribution is 5.20. The molecule has 29 valence electrons. The molecule has 5 heavy (non-hydrogen) atoms. The van der Waals surface area contributed by atoms with Crippen LogP contribution in [-0.4, -0.2) is 6.15 Å². The van der Waals surface area contributed by atoms with Gasteiger partial charge in [-0.25, -0.2) is 0 Å². The van der Waals surface area contributed by atoms with Crippen LogP contribution in [-0.2, 0) is 9.59 Å². The lowest BCUT2D eigenvalue weighted by Crippen LogP contribution is -1.22. The standard InChI is InChI=1S/CO2.CH4.N/c2-1-3;;/h;1H4;. The third-order valence-corrected chi connectivity index (χ3v) is 0. The van der Waals surface area contributed by atoms with Gasteiger partial charge in [-0.1, -0.05) is 7.43 Å². The zero-order valence-corrected chi connectivity index (χ0v) is 1.76. The Morgan fingerprint density at radius 1 is 1.20 bits per heavy atom. The molecule has 0 amide bonds. The van der Waals surface area contributed by atoms with Crippen molar-refractivity contribution in [1.29, 1.82) is 0 Å². The first-order chi connectivity index (χ1) is 1.41. The molecule has 0 bridgehead atoms. The van der Waals surface area contributed by atoms with Crippen LogP contribution in [0.25, 0.3) is 0 Å². The van der Waals surface area contributed by atoms with Crippen LogP contribution in [0.2, 0.25) is 0 Å². The maximum atomic E-state index is 8.12. The third-order valence-electron chi connectivity index (χ3n) is 0. The van der Waals surface area contributed by atoms with Crippen molar-refractivity contribution in [3.05, 3.63) is 0 Å². The number of hydrogen-bond acceptors (Lipinski definition) is 2. The van der Waals surface area contributed by atoms with E-state index >= 15 is 0 Å². The van der Waals surface area contributed by atoms with E-state index in [4.69, 9.17) is 9.59 Å². The maximum Gasteiger partial charge on any atom is 0.373 e. The van der Waals surface area contributed by atoms with E-state index in [2.05, 4.69) is 0 Å². The monoisotopic (exact) mass is 74.0 g/mol. The Kier molecular flexibility index (Phi) is 853. The fourth-order valence-electron chi connectivity index (χ4n) is 0. The van der Waals surface area contributed by atoms with Gasteiger partial charge < -0.3 is 0 Å². The predicted octanol–water partition coefficient (Wildman–Crippen LogP) is -0.428. The van der Waals surface area contributed by atoms with Gasteiger partial charge in [-0.05, 0) is 0 Å². The molecule has 0 heterocycles. The summed E-state index contributed by atoms with van der Waals surface area (Å²) < 4.78 is 0. The molecular weight excluding hydrogens is 70.0 g/mol. The van der Waals surface area contributed by atoms with Gasteiger partial charge in [0.25, 0.3) is 0 Å². The van der Waals surface area contributed by atoms with E-state index in [-0.39, 0.29) is 19.7 Å². The molecule has 3 nitrogen and oxygen atoms in total. The molecule has 0 aliphatic rings. The zero-order chi connectivity index (χ0) is 2.71. The van der Waals surface area contributed by atoms with Gasteiger partial charge in [0.1, 0.15) is 0 Å². The lowest BCUT2D eigenvalue weighted by molar-refractivity contribution is -0.191. The lowest BCUT2D eigenvalue weighted by atomic mass is 11.8. The second-order valence-electron chi connectivity index (χ2n) is 0.0833. The van der Waals surface area contributed by atoms with E-state index in [1.165, 1.54) is 0 Å². The molecule has 0 rings (SSSR count). The van der Waals surface area contributed by atoms with Gasteiger partial charge in [-0.15, -0.1) is 0 Å². The van der Waals surface area contributed by atoms with Crippen molar-refractivity contribution in [1.82, 2.24) is 6.15 Å². The first-order valence-corrected chi connectivity index (χ1v) is 0.408. The average Bonchev–Trinajstić information content (AvgIpc) is 0.918. The molecular formula is C2H4NO2. The van der Waals surface area contributed by atoms with Crippen LogP contribution >= 0.6 is 0 Å². The van der Waals surface area contributed by atoms with Gasteiger partial charge in [0.05, 0.1) is 0 Å². The Bertz CT molecular complexity index is 28.6. The van der Waals surface area contributed by atoms with E-state index in [9.17, 15) is 0 Å². The minimum atomic E-state index is 0. The van der Waals surface area contributed by atoms with Crippen molar-refractivity contribution in [2.75, 3.05) is 0 Å². The Hall–Kier alpha value is -0.660. The van der Waals surface area contributed by atoms with E-state index in [1.54, 1.807) is 0 Å². The topological polar surface area (TPSA) is 64.6 Å². The smallest absolute Gasteiger partial charge is 0.186 e. The molecule has 0 aromatic carbocycles. The largest absolute Gasteiger partial charge is 0.373 e. The Morgan fingerprint density at radius 3 is 1.20 bits per heavy atom. The lowest BCUT2D eigenvalue weighted by Gasteiger charge is -0.945.